The maximum atomic E-state index is 11.9. The molecule has 1 N–H and O–H groups in total. The van der Waals surface area contributed by atoms with Crippen molar-refractivity contribution in [1.29, 1.82) is 0 Å². The van der Waals surface area contributed by atoms with Crippen LogP contribution >= 0.6 is 0 Å². The Morgan fingerprint density at radius 3 is 2.34 bits per heavy atom. The third-order valence-corrected chi connectivity index (χ3v) is 4.41. The van der Waals surface area contributed by atoms with Crippen molar-refractivity contribution < 1.29 is 18.7 Å². The Morgan fingerprint density at radius 1 is 1.00 bits per heavy atom. The van der Waals surface area contributed by atoms with E-state index >= 15 is 0 Å². The van der Waals surface area contributed by atoms with Gasteiger partial charge in [-0.3, -0.25) is 9.59 Å². The molecule has 0 fully saturated rings. The molecule has 150 valence electrons. The second-order valence-electron chi connectivity index (χ2n) is 6.91. The molecule has 2 aromatic carbocycles. The van der Waals surface area contributed by atoms with Crippen LogP contribution in [0.3, 0.4) is 0 Å². The highest BCUT2D eigenvalue weighted by molar-refractivity contribution is 5.80. The Kier molecular flexibility index (Phi) is 6.79. The number of ether oxygens (including phenoxy) is 1. The first-order valence-corrected chi connectivity index (χ1v) is 9.49. The van der Waals surface area contributed by atoms with Crippen molar-refractivity contribution in [1.82, 2.24) is 10.3 Å². The van der Waals surface area contributed by atoms with Crippen LogP contribution in [-0.4, -0.2) is 23.5 Å². The molecule has 0 saturated carbocycles. The van der Waals surface area contributed by atoms with Crippen LogP contribution < -0.4 is 5.32 Å². The van der Waals surface area contributed by atoms with Crippen molar-refractivity contribution in [3.8, 4) is 11.3 Å². The molecule has 0 bridgehead atoms. The van der Waals surface area contributed by atoms with E-state index < -0.39 is 5.97 Å². The van der Waals surface area contributed by atoms with Crippen molar-refractivity contribution in [3.63, 3.8) is 0 Å². The number of amides is 1. The molecule has 0 aliphatic rings. The molecule has 6 nitrogen and oxygen atoms in total. The first kappa shape index (κ1) is 20.3. The number of benzene rings is 2. The first-order valence-electron chi connectivity index (χ1n) is 9.49. The van der Waals surface area contributed by atoms with Gasteiger partial charge in [-0.15, -0.1) is 0 Å². The van der Waals surface area contributed by atoms with E-state index in [4.69, 9.17) is 9.15 Å². The van der Waals surface area contributed by atoms with E-state index in [1.807, 2.05) is 62.4 Å². The van der Waals surface area contributed by atoms with Crippen molar-refractivity contribution in [2.24, 2.45) is 0 Å². The van der Waals surface area contributed by atoms with Crippen LogP contribution in [0.5, 0.6) is 0 Å². The Labute approximate surface area is 169 Å². The number of carbonyl (C=O) groups is 2. The summed E-state index contributed by atoms with van der Waals surface area (Å²) >= 11 is 0. The summed E-state index contributed by atoms with van der Waals surface area (Å²) in [5.41, 5.74) is 4.25. The van der Waals surface area contributed by atoms with Crippen LogP contribution in [0.15, 0.2) is 59.1 Å². The Balaban J connectivity index is 1.38. The molecule has 3 rings (SSSR count). The standard InChI is InChI=1S/C23H24N2O4/c1-16-3-7-18(8-4-16)13-24-21(26)15-28-23(27)12-11-22-25-14-20(29-22)19-9-5-17(2)6-10-19/h3-10,14H,11-13,15H2,1-2H3,(H,24,26). The third kappa shape index (κ3) is 6.31. The fraction of sp³-hybridized carbons (Fsp3) is 0.261. The molecule has 1 aromatic heterocycles. The number of oxazole rings is 1. The zero-order valence-corrected chi connectivity index (χ0v) is 16.6. The lowest BCUT2D eigenvalue weighted by Crippen LogP contribution is -2.28. The number of rotatable bonds is 8. The highest BCUT2D eigenvalue weighted by atomic mass is 16.5. The van der Waals surface area contributed by atoms with E-state index in [1.54, 1.807) is 6.20 Å². The molecular formula is C23H24N2O4. The van der Waals surface area contributed by atoms with Gasteiger partial charge in [-0.1, -0.05) is 59.7 Å². The molecule has 0 aliphatic heterocycles. The van der Waals surface area contributed by atoms with Gasteiger partial charge in [-0.25, -0.2) is 4.98 Å². The number of hydrogen-bond acceptors (Lipinski definition) is 5. The quantitative estimate of drug-likeness (QED) is 0.591. The summed E-state index contributed by atoms with van der Waals surface area (Å²) in [6.45, 7) is 4.12. The van der Waals surface area contributed by atoms with Crippen molar-refractivity contribution in [3.05, 3.63) is 77.3 Å². The summed E-state index contributed by atoms with van der Waals surface area (Å²) < 4.78 is 10.7. The summed E-state index contributed by atoms with van der Waals surface area (Å²) in [4.78, 5) is 27.9. The smallest absolute Gasteiger partial charge is 0.306 e. The molecule has 0 saturated heterocycles. The summed E-state index contributed by atoms with van der Waals surface area (Å²) in [6.07, 6.45) is 2.05. The predicted octanol–water partition coefficient (Wildman–Crippen LogP) is 3.75. The molecule has 0 spiro atoms. The number of carbonyl (C=O) groups excluding carboxylic acids is 2. The van der Waals surface area contributed by atoms with Crippen molar-refractivity contribution in [2.75, 3.05) is 6.61 Å². The molecule has 0 radical (unpaired) electrons. The van der Waals surface area contributed by atoms with E-state index in [1.165, 1.54) is 5.56 Å². The van der Waals surface area contributed by atoms with Crippen LogP contribution in [-0.2, 0) is 27.3 Å². The fourth-order valence-corrected chi connectivity index (χ4v) is 2.66. The summed E-state index contributed by atoms with van der Waals surface area (Å²) in [7, 11) is 0. The van der Waals surface area contributed by atoms with Gasteiger partial charge in [-0.05, 0) is 19.4 Å². The molecule has 0 unspecified atom stereocenters. The zero-order valence-electron chi connectivity index (χ0n) is 16.6. The van der Waals surface area contributed by atoms with Gasteiger partial charge in [0.1, 0.15) is 0 Å². The topological polar surface area (TPSA) is 81.4 Å². The van der Waals surface area contributed by atoms with Crippen LogP contribution in [0.2, 0.25) is 0 Å². The molecular weight excluding hydrogens is 368 g/mol. The van der Waals surface area contributed by atoms with Gasteiger partial charge in [0.15, 0.2) is 18.3 Å². The maximum Gasteiger partial charge on any atom is 0.306 e. The minimum Gasteiger partial charge on any atom is -0.456 e. The van der Waals surface area contributed by atoms with Gasteiger partial charge in [0, 0.05) is 18.5 Å². The number of nitrogens with one attached hydrogen (secondary N) is 1. The van der Waals surface area contributed by atoms with Crippen molar-refractivity contribution in [2.45, 2.75) is 33.2 Å². The number of esters is 1. The molecule has 0 atom stereocenters. The molecule has 1 heterocycles. The van der Waals surface area contributed by atoms with Gasteiger partial charge < -0.3 is 14.5 Å². The van der Waals surface area contributed by atoms with Gasteiger partial charge in [0.2, 0.25) is 0 Å². The molecule has 29 heavy (non-hydrogen) atoms. The lowest BCUT2D eigenvalue weighted by molar-refractivity contribution is -0.148. The van der Waals surface area contributed by atoms with E-state index in [2.05, 4.69) is 10.3 Å². The second kappa shape index (κ2) is 9.68. The Bertz CT molecular complexity index is 959. The average Bonchev–Trinajstić information content (AvgIpc) is 3.20. The fourth-order valence-electron chi connectivity index (χ4n) is 2.66. The summed E-state index contributed by atoms with van der Waals surface area (Å²) in [5, 5.41) is 2.73. The second-order valence-corrected chi connectivity index (χ2v) is 6.91. The zero-order chi connectivity index (χ0) is 20.6. The molecule has 0 aliphatic carbocycles. The van der Waals surface area contributed by atoms with E-state index in [0.717, 1.165) is 16.7 Å². The van der Waals surface area contributed by atoms with Crippen LogP contribution in [0.25, 0.3) is 11.3 Å². The minimum absolute atomic E-state index is 0.0963. The summed E-state index contributed by atoms with van der Waals surface area (Å²) in [5.74, 6) is 0.312. The average molecular weight is 392 g/mol. The third-order valence-electron chi connectivity index (χ3n) is 4.41. The monoisotopic (exact) mass is 392 g/mol. The molecule has 3 aromatic rings. The van der Waals surface area contributed by atoms with Gasteiger partial charge >= 0.3 is 5.97 Å². The normalized spacial score (nSPS) is 10.6. The predicted molar refractivity (Wildman–Crippen MR) is 109 cm³/mol. The van der Waals surface area contributed by atoms with E-state index in [9.17, 15) is 9.59 Å². The lowest BCUT2D eigenvalue weighted by Gasteiger charge is -2.06. The number of nitrogens with zero attached hydrogens (tertiary/aromatic N) is 1. The molecule has 1 amide bonds. The number of aromatic nitrogens is 1. The minimum atomic E-state index is -0.467. The largest absolute Gasteiger partial charge is 0.456 e. The van der Waals surface area contributed by atoms with Gasteiger partial charge in [0.25, 0.3) is 5.91 Å². The van der Waals surface area contributed by atoms with E-state index in [0.29, 0.717) is 24.6 Å². The SMILES string of the molecule is Cc1ccc(CNC(=O)COC(=O)CCc2ncc(-c3ccc(C)cc3)o2)cc1. The number of aryl methyl sites for hydroxylation is 3. The Hall–Kier alpha value is -3.41. The Morgan fingerprint density at radius 2 is 1.66 bits per heavy atom. The maximum absolute atomic E-state index is 11.9. The van der Waals surface area contributed by atoms with Crippen LogP contribution in [0.4, 0.5) is 0 Å². The lowest BCUT2D eigenvalue weighted by atomic mass is 10.1. The van der Waals surface area contributed by atoms with Crippen LogP contribution in [0, 0.1) is 13.8 Å². The first-order chi connectivity index (χ1) is 14.0. The van der Waals surface area contributed by atoms with Gasteiger partial charge in [0.05, 0.1) is 12.6 Å². The van der Waals surface area contributed by atoms with Gasteiger partial charge in [-0.2, -0.15) is 0 Å². The van der Waals surface area contributed by atoms with E-state index in [-0.39, 0.29) is 18.9 Å². The van der Waals surface area contributed by atoms with Crippen LogP contribution in [0.1, 0.15) is 29.0 Å². The van der Waals surface area contributed by atoms with Crippen molar-refractivity contribution >= 4 is 11.9 Å². The molecule has 6 heteroatoms. The summed E-state index contributed by atoms with van der Waals surface area (Å²) in [6, 6.07) is 15.8. The highest BCUT2D eigenvalue weighted by Gasteiger charge is 2.11. The highest BCUT2D eigenvalue weighted by Crippen LogP contribution is 2.21. The number of hydrogen-bond donors (Lipinski definition) is 1.